The predicted octanol–water partition coefficient (Wildman–Crippen LogP) is 3.70. The van der Waals surface area contributed by atoms with Crippen LogP contribution < -0.4 is 11.1 Å². The van der Waals surface area contributed by atoms with Crippen molar-refractivity contribution in [1.82, 2.24) is 0 Å². The van der Waals surface area contributed by atoms with E-state index < -0.39 is 0 Å². The highest BCUT2D eigenvalue weighted by Crippen LogP contribution is 2.28. The SMILES string of the molecule is CCC(Nc1cccc(C#N)c1N)c1ccccc1. The molecule has 1 unspecified atom stereocenters. The number of para-hydroxylation sites is 1. The number of nitriles is 1. The molecule has 0 bridgehead atoms. The van der Waals surface area contributed by atoms with Crippen LogP contribution in [0.25, 0.3) is 0 Å². The average Bonchev–Trinajstić information content (AvgIpc) is 2.47. The smallest absolute Gasteiger partial charge is 0.101 e. The minimum Gasteiger partial charge on any atom is -0.396 e. The molecule has 2 aromatic rings. The number of nitrogen functional groups attached to an aromatic ring is 1. The molecule has 0 aromatic heterocycles. The fraction of sp³-hybridized carbons (Fsp3) is 0.188. The van der Waals surface area contributed by atoms with Crippen LogP contribution in [0, 0.1) is 11.3 Å². The molecule has 0 aliphatic heterocycles. The summed E-state index contributed by atoms with van der Waals surface area (Å²) in [6.45, 7) is 2.12. The summed E-state index contributed by atoms with van der Waals surface area (Å²) in [6.07, 6.45) is 0.945. The lowest BCUT2D eigenvalue weighted by molar-refractivity contribution is 0.750. The van der Waals surface area contributed by atoms with Crippen LogP contribution >= 0.6 is 0 Å². The van der Waals surface area contributed by atoms with E-state index in [0.717, 1.165) is 12.1 Å². The molecule has 2 aromatic carbocycles. The Labute approximate surface area is 113 Å². The second-order valence-corrected chi connectivity index (χ2v) is 4.39. The molecule has 3 heteroatoms. The van der Waals surface area contributed by atoms with E-state index in [-0.39, 0.29) is 6.04 Å². The van der Waals surface area contributed by atoms with Crippen LogP contribution in [0.2, 0.25) is 0 Å². The van der Waals surface area contributed by atoms with Crippen LogP contribution in [-0.2, 0) is 0 Å². The molecule has 0 saturated carbocycles. The Kier molecular flexibility index (Phi) is 4.04. The molecule has 0 aliphatic carbocycles. The number of anilines is 2. The summed E-state index contributed by atoms with van der Waals surface area (Å²) in [5.41, 5.74) is 9.04. The lowest BCUT2D eigenvalue weighted by atomic mass is 10.0. The van der Waals surface area contributed by atoms with E-state index >= 15 is 0 Å². The van der Waals surface area contributed by atoms with Gasteiger partial charge in [0.05, 0.1) is 23.0 Å². The third-order valence-corrected chi connectivity index (χ3v) is 3.17. The molecule has 0 aliphatic rings. The first kappa shape index (κ1) is 13.0. The molecule has 0 spiro atoms. The third kappa shape index (κ3) is 2.86. The number of nitrogens with one attached hydrogen (secondary N) is 1. The van der Waals surface area contributed by atoms with Crippen LogP contribution in [0.5, 0.6) is 0 Å². The zero-order valence-corrected chi connectivity index (χ0v) is 10.9. The van der Waals surface area contributed by atoms with Gasteiger partial charge >= 0.3 is 0 Å². The maximum Gasteiger partial charge on any atom is 0.101 e. The van der Waals surface area contributed by atoms with Crippen molar-refractivity contribution in [2.24, 2.45) is 0 Å². The summed E-state index contributed by atoms with van der Waals surface area (Å²) >= 11 is 0. The topological polar surface area (TPSA) is 61.8 Å². The summed E-state index contributed by atoms with van der Waals surface area (Å²) < 4.78 is 0. The average molecular weight is 251 g/mol. The van der Waals surface area contributed by atoms with Crippen LogP contribution in [0.1, 0.15) is 30.5 Å². The number of nitrogens with zero attached hydrogens (tertiary/aromatic N) is 1. The van der Waals surface area contributed by atoms with Gasteiger partial charge in [-0.1, -0.05) is 43.3 Å². The molecule has 96 valence electrons. The lowest BCUT2D eigenvalue weighted by Gasteiger charge is -2.20. The Balaban J connectivity index is 2.27. The van der Waals surface area contributed by atoms with Gasteiger partial charge in [0.1, 0.15) is 6.07 Å². The molecule has 3 N–H and O–H groups in total. The van der Waals surface area contributed by atoms with Crippen molar-refractivity contribution in [3.63, 3.8) is 0 Å². The van der Waals surface area contributed by atoms with Crippen molar-refractivity contribution in [2.45, 2.75) is 19.4 Å². The minimum absolute atomic E-state index is 0.192. The number of nitrogens with two attached hydrogens (primary N) is 1. The number of rotatable bonds is 4. The first-order valence-electron chi connectivity index (χ1n) is 6.36. The van der Waals surface area contributed by atoms with E-state index in [1.807, 2.05) is 30.3 Å². The maximum absolute atomic E-state index is 8.99. The number of benzene rings is 2. The maximum atomic E-state index is 8.99. The van der Waals surface area contributed by atoms with Gasteiger partial charge in [0.2, 0.25) is 0 Å². The van der Waals surface area contributed by atoms with E-state index in [1.165, 1.54) is 5.56 Å². The van der Waals surface area contributed by atoms with Crippen molar-refractivity contribution in [1.29, 1.82) is 5.26 Å². The fourth-order valence-corrected chi connectivity index (χ4v) is 2.08. The first-order chi connectivity index (χ1) is 9.26. The van der Waals surface area contributed by atoms with Crippen LogP contribution in [0.3, 0.4) is 0 Å². The van der Waals surface area contributed by atoms with Gasteiger partial charge in [-0.3, -0.25) is 0 Å². The fourth-order valence-electron chi connectivity index (χ4n) is 2.08. The van der Waals surface area contributed by atoms with Crippen LogP contribution in [-0.4, -0.2) is 0 Å². The van der Waals surface area contributed by atoms with E-state index in [1.54, 1.807) is 6.07 Å². The molecule has 19 heavy (non-hydrogen) atoms. The normalized spacial score (nSPS) is 11.6. The molecule has 0 heterocycles. The Morgan fingerprint density at radius 1 is 1.16 bits per heavy atom. The van der Waals surface area contributed by atoms with Gasteiger partial charge in [-0.2, -0.15) is 5.26 Å². The first-order valence-corrected chi connectivity index (χ1v) is 6.36. The van der Waals surface area contributed by atoms with Gasteiger partial charge in [0.15, 0.2) is 0 Å². The summed E-state index contributed by atoms with van der Waals surface area (Å²) in [7, 11) is 0. The quantitative estimate of drug-likeness (QED) is 0.814. The second-order valence-electron chi connectivity index (χ2n) is 4.39. The molecule has 0 amide bonds. The third-order valence-electron chi connectivity index (χ3n) is 3.17. The second kappa shape index (κ2) is 5.92. The molecule has 0 fully saturated rings. The van der Waals surface area contributed by atoms with Gasteiger partial charge in [0.25, 0.3) is 0 Å². The highest BCUT2D eigenvalue weighted by atomic mass is 14.9. The summed E-state index contributed by atoms with van der Waals surface area (Å²) in [5, 5.41) is 12.4. The Morgan fingerprint density at radius 2 is 1.89 bits per heavy atom. The van der Waals surface area contributed by atoms with Crippen molar-refractivity contribution in [3.8, 4) is 6.07 Å². The number of hydrogen-bond donors (Lipinski definition) is 2. The standard InChI is InChI=1S/C16H17N3/c1-2-14(12-7-4-3-5-8-12)19-15-10-6-9-13(11-17)16(15)18/h3-10,14,19H,2,18H2,1H3. The van der Waals surface area contributed by atoms with Crippen LogP contribution in [0.15, 0.2) is 48.5 Å². The Bertz CT molecular complexity index is 585. The summed E-state index contributed by atoms with van der Waals surface area (Å²) in [4.78, 5) is 0. The summed E-state index contributed by atoms with van der Waals surface area (Å²) in [5.74, 6) is 0. The molecule has 2 rings (SSSR count). The van der Waals surface area contributed by atoms with Gasteiger partial charge < -0.3 is 11.1 Å². The molecular formula is C16H17N3. The molecule has 3 nitrogen and oxygen atoms in total. The van der Waals surface area contributed by atoms with E-state index in [4.69, 9.17) is 11.0 Å². The van der Waals surface area contributed by atoms with Gasteiger partial charge in [-0.05, 0) is 24.1 Å². The Hall–Kier alpha value is -2.47. The molecular weight excluding hydrogens is 234 g/mol. The molecule has 0 saturated heterocycles. The van der Waals surface area contributed by atoms with Crippen molar-refractivity contribution in [2.75, 3.05) is 11.1 Å². The van der Waals surface area contributed by atoms with Gasteiger partial charge in [-0.25, -0.2) is 0 Å². The van der Waals surface area contributed by atoms with E-state index in [2.05, 4.69) is 30.4 Å². The van der Waals surface area contributed by atoms with Gasteiger partial charge in [0, 0.05) is 0 Å². The van der Waals surface area contributed by atoms with Gasteiger partial charge in [-0.15, -0.1) is 0 Å². The predicted molar refractivity (Wildman–Crippen MR) is 78.7 cm³/mol. The largest absolute Gasteiger partial charge is 0.396 e. The van der Waals surface area contributed by atoms with Crippen LogP contribution in [0.4, 0.5) is 11.4 Å². The lowest BCUT2D eigenvalue weighted by Crippen LogP contribution is -2.11. The zero-order valence-electron chi connectivity index (χ0n) is 10.9. The molecule has 0 radical (unpaired) electrons. The van der Waals surface area contributed by atoms with Crippen molar-refractivity contribution in [3.05, 3.63) is 59.7 Å². The van der Waals surface area contributed by atoms with E-state index in [0.29, 0.717) is 11.3 Å². The highest BCUT2D eigenvalue weighted by Gasteiger charge is 2.11. The Morgan fingerprint density at radius 3 is 2.53 bits per heavy atom. The number of hydrogen-bond acceptors (Lipinski definition) is 3. The van der Waals surface area contributed by atoms with E-state index in [9.17, 15) is 0 Å². The monoisotopic (exact) mass is 251 g/mol. The minimum atomic E-state index is 0.192. The van der Waals surface area contributed by atoms with Crippen molar-refractivity contribution < 1.29 is 0 Å². The summed E-state index contributed by atoms with van der Waals surface area (Å²) in [6, 6.07) is 18.0. The zero-order chi connectivity index (χ0) is 13.7. The highest BCUT2D eigenvalue weighted by molar-refractivity contribution is 5.73. The molecule has 1 atom stereocenters. The van der Waals surface area contributed by atoms with Crippen molar-refractivity contribution >= 4 is 11.4 Å².